The van der Waals surface area contributed by atoms with E-state index in [-0.39, 0.29) is 11.3 Å². The van der Waals surface area contributed by atoms with Crippen LogP contribution in [-0.4, -0.2) is 30.0 Å². The minimum absolute atomic E-state index is 0.0238. The highest BCUT2D eigenvalue weighted by atomic mass is 32.1. The number of esters is 1. The van der Waals surface area contributed by atoms with Gasteiger partial charge in [0.15, 0.2) is 4.80 Å². The molecule has 170 valence electrons. The van der Waals surface area contributed by atoms with E-state index in [0.29, 0.717) is 26.2 Å². The largest absolute Gasteiger partial charge is 0.469 e. The van der Waals surface area contributed by atoms with Crippen LogP contribution < -0.4 is 24.4 Å². The molecule has 0 saturated heterocycles. The molecule has 3 aromatic rings. The number of fused-ring (bicyclic) bond motifs is 6. The van der Waals surface area contributed by atoms with Gasteiger partial charge in [0.05, 0.1) is 17.7 Å². The van der Waals surface area contributed by atoms with Crippen LogP contribution in [0.2, 0.25) is 0 Å². The smallest absolute Gasteiger partial charge is 0.387 e. The normalized spacial score (nSPS) is 23.2. The number of nitrogens with zero attached hydrogens (tertiary/aromatic N) is 2. The fourth-order valence-corrected chi connectivity index (χ4v) is 5.43. The van der Waals surface area contributed by atoms with Crippen LogP contribution in [0.15, 0.2) is 58.3 Å². The summed E-state index contributed by atoms with van der Waals surface area (Å²) < 4.78 is 42.2. The van der Waals surface area contributed by atoms with Crippen LogP contribution in [0.4, 0.5) is 8.78 Å². The van der Waals surface area contributed by atoms with Crippen LogP contribution >= 0.6 is 11.3 Å². The highest BCUT2D eigenvalue weighted by Crippen LogP contribution is 2.47. The Labute approximate surface area is 190 Å². The van der Waals surface area contributed by atoms with E-state index in [2.05, 4.69) is 9.73 Å². The molecule has 3 atom stereocenters. The molecule has 2 aliphatic rings. The average molecular weight is 472 g/mol. The summed E-state index contributed by atoms with van der Waals surface area (Å²) in [5.74, 6) is -0.797. The number of para-hydroxylation sites is 1. The Hall–Kier alpha value is -3.53. The van der Waals surface area contributed by atoms with E-state index < -0.39 is 30.3 Å². The molecule has 3 unspecified atom stereocenters. The van der Waals surface area contributed by atoms with Crippen LogP contribution in [0.5, 0.6) is 11.5 Å². The molecule has 2 aliphatic heterocycles. The average Bonchev–Trinajstić information content (AvgIpc) is 3.07. The first-order chi connectivity index (χ1) is 15.8. The molecule has 0 fully saturated rings. The van der Waals surface area contributed by atoms with Crippen molar-refractivity contribution in [3.63, 3.8) is 0 Å². The molecular weight excluding hydrogens is 454 g/mol. The lowest BCUT2D eigenvalue weighted by Crippen LogP contribution is -2.58. The van der Waals surface area contributed by atoms with Gasteiger partial charge in [-0.1, -0.05) is 41.7 Å². The van der Waals surface area contributed by atoms with E-state index in [1.165, 1.54) is 35.1 Å². The number of rotatable bonds is 4. The lowest BCUT2D eigenvalue weighted by Gasteiger charge is -2.44. The van der Waals surface area contributed by atoms with E-state index in [1.807, 2.05) is 18.2 Å². The number of ether oxygens (including phenoxy) is 3. The third kappa shape index (κ3) is 3.50. The van der Waals surface area contributed by atoms with Crippen molar-refractivity contribution in [3.8, 4) is 11.5 Å². The number of carbonyl (C=O) groups excluding carboxylic acids is 1. The minimum Gasteiger partial charge on any atom is -0.469 e. The number of aromatic nitrogens is 1. The van der Waals surface area contributed by atoms with Gasteiger partial charge in [-0.2, -0.15) is 8.78 Å². The number of hydrogen-bond donors (Lipinski definition) is 0. The lowest BCUT2D eigenvalue weighted by atomic mass is 9.81. The van der Waals surface area contributed by atoms with Crippen LogP contribution in [-0.2, 0) is 9.53 Å². The zero-order chi connectivity index (χ0) is 23.3. The van der Waals surface area contributed by atoms with Crippen molar-refractivity contribution >= 4 is 23.4 Å². The number of thiazole rings is 1. The second-order valence-corrected chi connectivity index (χ2v) is 8.78. The van der Waals surface area contributed by atoms with Crippen molar-refractivity contribution in [1.29, 1.82) is 0 Å². The molecule has 3 heterocycles. The van der Waals surface area contributed by atoms with E-state index >= 15 is 0 Å². The predicted octanol–water partition coefficient (Wildman–Crippen LogP) is 2.46. The number of hydrogen-bond acceptors (Lipinski definition) is 7. The molecule has 1 aromatic heterocycles. The Morgan fingerprint density at radius 3 is 2.67 bits per heavy atom. The van der Waals surface area contributed by atoms with Crippen molar-refractivity contribution < 1.29 is 27.8 Å². The van der Waals surface area contributed by atoms with E-state index in [1.54, 1.807) is 31.2 Å². The van der Waals surface area contributed by atoms with Gasteiger partial charge in [0, 0.05) is 5.56 Å². The van der Waals surface area contributed by atoms with Crippen LogP contribution in [0.25, 0.3) is 6.08 Å². The Bertz CT molecular complexity index is 1420. The van der Waals surface area contributed by atoms with E-state index in [9.17, 15) is 18.4 Å². The topological polar surface area (TPSA) is 79.1 Å². The standard InChI is InChI=1S/C23H18F2N2O5S/c1-23-17(20(29)30-2)18(14-5-3-4-6-15(14)32-23)27-19(28)16(33-22(27)26-23)11-12-7-9-13(10-8-12)31-21(24)25/h3-11,17-18,21H,1-2H3. The molecule has 2 bridgehead atoms. The molecule has 0 saturated carbocycles. The fourth-order valence-electron chi connectivity index (χ4n) is 4.33. The quantitative estimate of drug-likeness (QED) is 0.545. The summed E-state index contributed by atoms with van der Waals surface area (Å²) in [4.78, 5) is 31.3. The van der Waals surface area contributed by atoms with Gasteiger partial charge in [-0.15, -0.1) is 0 Å². The highest BCUT2D eigenvalue weighted by Gasteiger charge is 2.55. The molecule has 33 heavy (non-hydrogen) atoms. The Balaban J connectivity index is 1.67. The van der Waals surface area contributed by atoms with Crippen molar-refractivity contribution in [3.05, 3.63) is 79.3 Å². The molecular formula is C23H18F2N2O5S. The van der Waals surface area contributed by atoms with Crippen LogP contribution in [0, 0.1) is 5.92 Å². The second-order valence-electron chi connectivity index (χ2n) is 7.77. The predicted molar refractivity (Wildman–Crippen MR) is 115 cm³/mol. The van der Waals surface area contributed by atoms with Gasteiger partial charge in [-0.3, -0.25) is 14.2 Å². The number of alkyl halides is 2. The maximum Gasteiger partial charge on any atom is 0.387 e. The van der Waals surface area contributed by atoms with Gasteiger partial charge in [-0.25, -0.2) is 4.99 Å². The van der Waals surface area contributed by atoms with Gasteiger partial charge < -0.3 is 14.2 Å². The molecule has 2 aromatic carbocycles. The first-order valence-electron chi connectivity index (χ1n) is 10.0. The summed E-state index contributed by atoms with van der Waals surface area (Å²) in [5, 5.41) is 0. The van der Waals surface area contributed by atoms with Crippen molar-refractivity contribution in [2.75, 3.05) is 7.11 Å². The monoisotopic (exact) mass is 472 g/mol. The van der Waals surface area contributed by atoms with Gasteiger partial charge in [0.25, 0.3) is 5.56 Å². The molecule has 0 amide bonds. The van der Waals surface area contributed by atoms with Crippen LogP contribution in [0.3, 0.4) is 0 Å². The van der Waals surface area contributed by atoms with Crippen molar-refractivity contribution in [1.82, 2.24) is 4.57 Å². The van der Waals surface area contributed by atoms with Crippen molar-refractivity contribution in [2.24, 2.45) is 10.9 Å². The SMILES string of the molecule is COC(=O)C1C2c3ccccc3OC1(C)N=c1sc(=Cc3ccc(OC(F)F)cc3)c(=O)n12. The fraction of sp³-hybridized carbons (Fsp3) is 0.261. The molecule has 0 radical (unpaired) electrons. The molecule has 10 heteroatoms. The molecule has 7 nitrogen and oxygen atoms in total. The number of methoxy groups -OCH3 is 1. The van der Waals surface area contributed by atoms with E-state index in [4.69, 9.17) is 9.47 Å². The third-order valence-corrected chi connectivity index (χ3v) is 6.72. The maximum absolute atomic E-state index is 13.5. The molecule has 5 rings (SSSR count). The third-order valence-electron chi connectivity index (χ3n) is 5.74. The summed E-state index contributed by atoms with van der Waals surface area (Å²) >= 11 is 1.17. The zero-order valence-electron chi connectivity index (χ0n) is 17.5. The summed E-state index contributed by atoms with van der Waals surface area (Å²) in [5.41, 5.74) is -0.233. The summed E-state index contributed by atoms with van der Waals surface area (Å²) in [6.45, 7) is -1.21. The van der Waals surface area contributed by atoms with E-state index in [0.717, 1.165) is 0 Å². The lowest BCUT2D eigenvalue weighted by molar-refractivity contribution is -0.158. The van der Waals surface area contributed by atoms with Gasteiger partial charge in [-0.05, 0) is 36.8 Å². The summed E-state index contributed by atoms with van der Waals surface area (Å²) in [6, 6.07) is 12.5. The Kier molecular flexibility index (Phi) is 5.04. The number of halogens is 2. The van der Waals surface area contributed by atoms with Gasteiger partial charge >= 0.3 is 12.6 Å². The zero-order valence-corrected chi connectivity index (χ0v) is 18.3. The van der Waals surface area contributed by atoms with Crippen molar-refractivity contribution in [2.45, 2.75) is 25.3 Å². The first kappa shape index (κ1) is 21.3. The molecule has 0 aliphatic carbocycles. The second kappa shape index (κ2) is 7.80. The number of carbonyl (C=O) groups is 1. The Morgan fingerprint density at radius 1 is 1.24 bits per heavy atom. The summed E-state index contributed by atoms with van der Waals surface area (Å²) in [6.07, 6.45) is 1.65. The Morgan fingerprint density at radius 2 is 1.97 bits per heavy atom. The highest BCUT2D eigenvalue weighted by molar-refractivity contribution is 7.07. The van der Waals surface area contributed by atoms with Gasteiger partial charge in [0.1, 0.15) is 17.4 Å². The minimum atomic E-state index is -2.91. The number of benzene rings is 2. The van der Waals surface area contributed by atoms with Gasteiger partial charge in [0.2, 0.25) is 5.72 Å². The van der Waals surface area contributed by atoms with Crippen LogP contribution in [0.1, 0.15) is 24.1 Å². The first-order valence-corrected chi connectivity index (χ1v) is 10.9. The molecule has 0 spiro atoms. The maximum atomic E-state index is 13.5. The molecule has 0 N–H and O–H groups in total. The summed E-state index contributed by atoms with van der Waals surface area (Å²) in [7, 11) is 1.29.